The summed E-state index contributed by atoms with van der Waals surface area (Å²) in [6, 6.07) is 0. The Morgan fingerprint density at radius 2 is 2.12 bits per heavy atom. The number of unbranched alkanes of at least 4 members (excludes halogenated alkanes) is 2. The van der Waals surface area contributed by atoms with Gasteiger partial charge in [-0.1, -0.05) is 49.6 Å². The fourth-order valence-corrected chi connectivity index (χ4v) is 2.28. The number of anilines is 2. The Morgan fingerprint density at radius 1 is 1.32 bits per heavy atom. The normalized spacial score (nSPS) is 12.2. The van der Waals surface area contributed by atoms with Gasteiger partial charge >= 0.3 is 0 Å². The molecule has 6 heteroatoms. The van der Waals surface area contributed by atoms with Gasteiger partial charge in [0.2, 0.25) is 5.95 Å². The summed E-state index contributed by atoms with van der Waals surface area (Å²) in [5.74, 6) is 1.07. The number of allylic oxidation sites excluding steroid dienone is 4. The number of aromatic nitrogens is 2. The summed E-state index contributed by atoms with van der Waals surface area (Å²) in [4.78, 5) is 8.62. The lowest BCUT2D eigenvalue weighted by molar-refractivity contribution is 0.713. The third-order valence-corrected chi connectivity index (χ3v) is 3.89. The number of rotatable bonds is 12. The first-order valence-electron chi connectivity index (χ1n) is 8.84. The quantitative estimate of drug-likeness (QED) is 0.363. The Bertz CT molecular complexity index is 595. The molecule has 1 rings (SSSR count). The molecule has 1 aromatic rings. The molecule has 0 saturated heterocycles. The second kappa shape index (κ2) is 12.5. The van der Waals surface area contributed by atoms with Crippen LogP contribution in [0.5, 0.6) is 0 Å². The lowest BCUT2D eigenvalue weighted by Gasteiger charge is -2.10. The Hall–Kier alpha value is -1.85. The third kappa shape index (κ3) is 8.70. The van der Waals surface area contributed by atoms with Crippen molar-refractivity contribution in [1.82, 2.24) is 9.97 Å². The summed E-state index contributed by atoms with van der Waals surface area (Å²) >= 11 is 6.12. The van der Waals surface area contributed by atoms with Gasteiger partial charge in [0.25, 0.3) is 0 Å². The highest BCUT2D eigenvalue weighted by atomic mass is 35.5. The summed E-state index contributed by atoms with van der Waals surface area (Å²) in [5.41, 5.74) is 7.68. The van der Waals surface area contributed by atoms with E-state index in [9.17, 15) is 0 Å². The summed E-state index contributed by atoms with van der Waals surface area (Å²) in [6.45, 7) is 9.53. The van der Waals surface area contributed by atoms with Crippen LogP contribution in [0, 0.1) is 0 Å². The average Bonchev–Trinajstić information content (AvgIpc) is 2.61. The molecule has 0 atom stereocenters. The van der Waals surface area contributed by atoms with Crippen molar-refractivity contribution < 1.29 is 0 Å². The van der Waals surface area contributed by atoms with Crippen LogP contribution < -0.4 is 16.4 Å². The molecule has 0 aliphatic carbocycles. The van der Waals surface area contributed by atoms with Crippen LogP contribution in [0.15, 0.2) is 42.3 Å². The number of halogens is 1. The number of nitrogens with one attached hydrogen (secondary N) is 2. The van der Waals surface area contributed by atoms with Crippen LogP contribution >= 0.6 is 11.6 Å². The lowest BCUT2D eigenvalue weighted by atomic mass is 10.1. The van der Waals surface area contributed by atoms with Crippen molar-refractivity contribution in [3.63, 3.8) is 0 Å². The van der Waals surface area contributed by atoms with Crippen LogP contribution in [-0.2, 0) is 0 Å². The molecule has 0 saturated carbocycles. The van der Waals surface area contributed by atoms with Gasteiger partial charge in [-0.3, -0.25) is 0 Å². The SMILES string of the molecule is C=C/C(=C\C=C(/C)CCCCC)Nc1ncc(Cl)c(NCCCN)n1. The smallest absolute Gasteiger partial charge is 0.229 e. The minimum absolute atomic E-state index is 0.475. The molecular formula is C19H30ClN5. The monoisotopic (exact) mass is 363 g/mol. The number of hydrogen-bond donors (Lipinski definition) is 3. The van der Waals surface area contributed by atoms with Gasteiger partial charge in [0.05, 0.1) is 6.20 Å². The van der Waals surface area contributed by atoms with Crippen molar-refractivity contribution >= 4 is 23.4 Å². The van der Waals surface area contributed by atoms with Crippen molar-refractivity contribution in [3.05, 3.63) is 47.3 Å². The molecule has 0 spiro atoms. The fraction of sp³-hybridized carbons (Fsp3) is 0.474. The summed E-state index contributed by atoms with van der Waals surface area (Å²) in [6.07, 6.45) is 13.1. The molecule has 0 aromatic carbocycles. The summed E-state index contributed by atoms with van der Waals surface area (Å²) in [7, 11) is 0. The Labute approximate surface area is 156 Å². The van der Waals surface area contributed by atoms with Crippen molar-refractivity contribution in [2.75, 3.05) is 23.7 Å². The second-order valence-corrected chi connectivity index (χ2v) is 6.29. The minimum Gasteiger partial charge on any atom is -0.369 e. The maximum atomic E-state index is 6.12. The zero-order valence-electron chi connectivity index (χ0n) is 15.3. The standard InChI is InChI=1S/C19H30ClN5/c1-4-6-7-9-15(3)10-11-16(5-2)24-19-23-14-17(20)18(25-19)22-13-8-12-21/h5,10-11,14H,2,4,6-9,12-13,21H2,1,3H3,(H2,22,23,24,25)/b15-10+,16-11+. The van der Waals surface area contributed by atoms with E-state index in [0.29, 0.717) is 23.3 Å². The van der Waals surface area contributed by atoms with E-state index in [0.717, 1.165) is 25.1 Å². The molecule has 0 bridgehead atoms. The maximum absolute atomic E-state index is 6.12. The molecule has 1 heterocycles. The van der Waals surface area contributed by atoms with E-state index in [4.69, 9.17) is 17.3 Å². The minimum atomic E-state index is 0.475. The van der Waals surface area contributed by atoms with Crippen LogP contribution in [0.2, 0.25) is 5.02 Å². The molecule has 0 radical (unpaired) electrons. The van der Waals surface area contributed by atoms with E-state index >= 15 is 0 Å². The van der Waals surface area contributed by atoms with Gasteiger partial charge < -0.3 is 16.4 Å². The molecule has 0 aliphatic heterocycles. The zero-order chi connectivity index (χ0) is 18.5. The summed E-state index contributed by atoms with van der Waals surface area (Å²) in [5, 5.41) is 6.81. The Morgan fingerprint density at radius 3 is 2.80 bits per heavy atom. The number of hydrogen-bond acceptors (Lipinski definition) is 5. The molecular weight excluding hydrogens is 334 g/mol. The third-order valence-electron chi connectivity index (χ3n) is 3.62. The van der Waals surface area contributed by atoms with E-state index in [2.05, 4.69) is 47.1 Å². The van der Waals surface area contributed by atoms with Gasteiger partial charge in [0.15, 0.2) is 0 Å². The van der Waals surface area contributed by atoms with E-state index in [-0.39, 0.29) is 0 Å². The van der Waals surface area contributed by atoms with Gasteiger partial charge in [-0.25, -0.2) is 4.98 Å². The van der Waals surface area contributed by atoms with Gasteiger partial charge in [0.1, 0.15) is 10.8 Å². The van der Waals surface area contributed by atoms with Crippen LogP contribution in [0.1, 0.15) is 46.0 Å². The van der Waals surface area contributed by atoms with Crippen LogP contribution in [0.4, 0.5) is 11.8 Å². The summed E-state index contributed by atoms with van der Waals surface area (Å²) < 4.78 is 0. The molecule has 0 fully saturated rings. The molecule has 0 amide bonds. The first kappa shape index (κ1) is 21.2. The molecule has 1 aromatic heterocycles. The Balaban J connectivity index is 2.73. The van der Waals surface area contributed by atoms with Crippen LogP contribution in [0.3, 0.4) is 0 Å². The molecule has 5 nitrogen and oxygen atoms in total. The maximum Gasteiger partial charge on any atom is 0.229 e. The van der Waals surface area contributed by atoms with Gasteiger partial charge in [-0.05, 0) is 44.9 Å². The first-order chi connectivity index (χ1) is 12.1. The van der Waals surface area contributed by atoms with Crippen molar-refractivity contribution in [2.45, 2.75) is 46.0 Å². The van der Waals surface area contributed by atoms with E-state index in [1.165, 1.54) is 24.8 Å². The largest absolute Gasteiger partial charge is 0.369 e. The molecule has 25 heavy (non-hydrogen) atoms. The number of nitrogens with zero attached hydrogens (tertiary/aromatic N) is 2. The molecule has 0 unspecified atom stereocenters. The predicted molar refractivity (Wildman–Crippen MR) is 109 cm³/mol. The van der Waals surface area contributed by atoms with E-state index in [1.807, 2.05) is 6.08 Å². The van der Waals surface area contributed by atoms with Crippen LogP contribution in [-0.4, -0.2) is 23.1 Å². The van der Waals surface area contributed by atoms with E-state index < -0.39 is 0 Å². The zero-order valence-corrected chi connectivity index (χ0v) is 16.1. The highest BCUT2D eigenvalue weighted by Gasteiger charge is 2.05. The van der Waals surface area contributed by atoms with Crippen molar-refractivity contribution in [1.29, 1.82) is 0 Å². The Kier molecular flexibility index (Phi) is 10.6. The van der Waals surface area contributed by atoms with Gasteiger partial charge in [-0.2, -0.15) is 4.98 Å². The van der Waals surface area contributed by atoms with E-state index in [1.54, 1.807) is 12.3 Å². The van der Waals surface area contributed by atoms with Crippen molar-refractivity contribution in [2.24, 2.45) is 5.73 Å². The fourth-order valence-electron chi connectivity index (χ4n) is 2.12. The first-order valence-corrected chi connectivity index (χ1v) is 9.21. The lowest BCUT2D eigenvalue weighted by Crippen LogP contribution is -2.11. The van der Waals surface area contributed by atoms with Crippen LogP contribution in [0.25, 0.3) is 0 Å². The van der Waals surface area contributed by atoms with Crippen molar-refractivity contribution in [3.8, 4) is 0 Å². The highest BCUT2D eigenvalue weighted by Crippen LogP contribution is 2.20. The average molecular weight is 364 g/mol. The highest BCUT2D eigenvalue weighted by molar-refractivity contribution is 6.32. The molecule has 138 valence electrons. The molecule has 0 aliphatic rings. The van der Waals surface area contributed by atoms with Gasteiger partial charge in [0, 0.05) is 12.2 Å². The van der Waals surface area contributed by atoms with Gasteiger partial charge in [-0.15, -0.1) is 0 Å². The predicted octanol–water partition coefficient (Wildman–Crippen LogP) is 4.90. The second-order valence-electron chi connectivity index (χ2n) is 5.88. The number of nitrogens with two attached hydrogens (primary N) is 1. The molecule has 4 N–H and O–H groups in total. The topological polar surface area (TPSA) is 75.9 Å².